The van der Waals surface area contributed by atoms with Crippen molar-refractivity contribution in [3.63, 3.8) is 0 Å². The van der Waals surface area contributed by atoms with Crippen molar-refractivity contribution in [1.29, 1.82) is 0 Å². The van der Waals surface area contributed by atoms with E-state index in [-0.39, 0.29) is 30.6 Å². The highest BCUT2D eigenvalue weighted by Crippen LogP contribution is 2.21. The highest BCUT2D eigenvalue weighted by Gasteiger charge is 2.23. The first kappa shape index (κ1) is 21.1. The van der Waals surface area contributed by atoms with Crippen LogP contribution in [0.1, 0.15) is 21.6 Å². The van der Waals surface area contributed by atoms with E-state index in [1.165, 1.54) is 4.90 Å². The van der Waals surface area contributed by atoms with Crippen LogP contribution < -0.4 is 5.32 Å². The number of aromatic nitrogens is 1. The topological polar surface area (TPSA) is 75.4 Å². The van der Waals surface area contributed by atoms with Gasteiger partial charge in [0.25, 0.3) is 5.91 Å². The van der Waals surface area contributed by atoms with E-state index in [0.717, 1.165) is 16.7 Å². The third kappa shape index (κ3) is 5.49. The summed E-state index contributed by atoms with van der Waals surface area (Å²) < 4.78 is 5.38. The number of carbonyl (C=O) groups excluding carboxylic acids is 2. The number of nitrogens with one attached hydrogen (secondary N) is 1. The summed E-state index contributed by atoms with van der Waals surface area (Å²) in [6, 6.07) is 30.2. The Bertz CT molecular complexity index is 1160. The van der Waals surface area contributed by atoms with Gasteiger partial charge in [-0.15, -0.1) is 0 Å². The van der Waals surface area contributed by atoms with E-state index in [0.29, 0.717) is 12.3 Å². The van der Waals surface area contributed by atoms with Gasteiger partial charge < -0.3 is 14.7 Å². The zero-order valence-electron chi connectivity index (χ0n) is 17.5. The number of hydrogen-bond donors (Lipinski definition) is 1. The fraction of sp³-hybridized carbons (Fsp3) is 0.115. The van der Waals surface area contributed by atoms with Gasteiger partial charge in [-0.2, -0.15) is 0 Å². The Morgan fingerprint density at radius 1 is 0.812 bits per heavy atom. The molecule has 1 heterocycles. The van der Waals surface area contributed by atoms with Crippen molar-refractivity contribution in [3.8, 4) is 11.3 Å². The second-order valence-corrected chi connectivity index (χ2v) is 7.35. The summed E-state index contributed by atoms with van der Waals surface area (Å²) in [5.41, 5.74) is 2.90. The van der Waals surface area contributed by atoms with Gasteiger partial charge in [0.2, 0.25) is 5.91 Å². The molecule has 4 aromatic rings. The zero-order valence-corrected chi connectivity index (χ0v) is 17.5. The summed E-state index contributed by atoms with van der Waals surface area (Å²) in [5, 5.41) is 6.83. The number of rotatable bonds is 8. The highest BCUT2D eigenvalue weighted by atomic mass is 16.5. The Balaban J connectivity index is 1.49. The summed E-state index contributed by atoms with van der Waals surface area (Å²) in [6.07, 6.45) is 0. The second-order valence-electron chi connectivity index (χ2n) is 7.35. The van der Waals surface area contributed by atoms with Crippen LogP contribution in [0, 0.1) is 0 Å². The lowest BCUT2D eigenvalue weighted by molar-refractivity contribution is -0.122. The molecule has 32 heavy (non-hydrogen) atoms. The van der Waals surface area contributed by atoms with Crippen LogP contribution >= 0.6 is 0 Å². The first-order valence-corrected chi connectivity index (χ1v) is 10.3. The smallest absolute Gasteiger partial charge is 0.276 e. The second kappa shape index (κ2) is 10.2. The predicted octanol–water partition coefficient (Wildman–Crippen LogP) is 4.30. The minimum absolute atomic E-state index is 0.0892. The summed E-state index contributed by atoms with van der Waals surface area (Å²) in [7, 11) is 0. The Morgan fingerprint density at radius 3 is 2.06 bits per heavy atom. The summed E-state index contributed by atoms with van der Waals surface area (Å²) in [5.74, 6) is -0.110. The Morgan fingerprint density at radius 2 is 1.41 bits per heavy atom. The molecule has 0 aliphatic carbocycles. The third-order valence-electron chi connectivity index (χ3n) is 4.96. The minimum atomic E-state index is -0.366. The van der Waals surface area contributed by atoms with Crippen molar-refractivity contribution in [2.45, 2.75) is 13.1 Å². The van der Waals surface area contributed by atoms with Gasteiger partial charge in [-0.25, -0.2) is 0 Å². The molecule has 6 nitrogen and oxygen atoms in total. The maximum atomic E-state index is 13.2. The van der Waals surface area contributed by atoms with E-state index in [1.54, 1.807) is 6.07 Å². The number of nitrogens with zero attached hydrogens (tertiary/aromatic N) is 2. The zero-order chi connectivity index (χ0) is 22.2. The third-order valence-corrected chi connectivity index (χ3v) is 4.96. The maximum Gasteiger partial charge on any atom is 0.276 e. The Kier molecular flexibility index (Phi) is 6.72. The SMILES string of the molecule is O=C(CN(Cc1ccccc1)C(=O)c1cc(-c2ccccc2)on1)NCc1ccccc1. The van der Waals surface area contributed by atoms with E-state index >= 15 is 0 Å². The quantitative estimate of drug-likeness (QED) is 0.457. The number of benzene rings is 3. The van der Waals surface area contributed by atoms with Crippen LogP contribution in [0.3, 0.4) is 0 Å². The lowest BCUT2D eigenvalue weighted by atomic mass is 10.1. The van der Waals surface area contributed by atoms with Gasteiger partial charge in [0.15, 0.2) is 11.5 Å². The monoisotopic (exact) mass is 425 g/mol. The number of amides is 2. The van der Waals surface area contributed by atoms with Crippen LogP contribution in [0.5, 0.6) is 0 Å². The molecule has 0 saturated carbocycles. The average molecular weight is 425 g/mol. The molecule has 0 fully saturated rings. The molecule has 0 bridgehead atoms. The van der Waals surface area contributed by atoms with Gasteiger partial charge in [0, 0.05) is 24.7 Å². The van der Waals surface area contributed by atoms with Crippen LogP contribution in [0.15, 0.2) is 102 Å². The lowest BCUT2D eigenvalue weighted by Crippen LogP contribution is -2.40. The lowest BCUT2D eigenvalue weighted by Gasteiger charge is -2.21. The first-order valence-electron chi connectivity index (χ1n) is 10.3. The Hall–Kier alpha value is -4.19. The van der Waals surface area contributed by atoms with Gasteiger partial charge in [-0.3, -0.25) is 9.59 Å². The minimum Gasteiger partial charge on any atom is -0.355 e. The van der Waals surface area contributed by atoms with Crippen molar-refractivity contribution in [2.24, 2.45) is 0 Å². The Labute approximate surface area is 186 Å². The van der Waals surface area contributed by atoms with Crippen molar-refractivity contribution in [2.75, 3.05) is 6.54 Å². The van der Waals surface area contributed by atoms with E-state index in [4.69, 9.17) is 4.52 Å². The molecule has 0 unspecified atom stereocenters. The normalized spacial score (nSPS) is 10.5. The molecule has 2 amide bonds. The molecule has 0 aliphatic rings. The summed E-state index contributed by atoms with van der Waals surface area (Å²) in [4.78, 5) is 27.3. The van der Waals surface area contributed by atoms with Crippen molar-refractivity contribution in [1.82, 2.24) is 15.4 Å². The molecule has 0 atom stereocenters. The molecule has 0 saturated heterocycles. The molecule has 3 aromatic carbocycles. The molecule has 1 aromatic heterocycles. The number of hydrogen-bond acceptors (Lipinski definition) is 4. The van der Waals surface area contributed by atoms with E-state index in [2.05, 4.69) is 10.5 Å². The molecule has 6 heteroatoms. The molecule has 0 aliphatic heterocycles. The highest BCUT2D eigenvalue weighted by molar-refractivity contribution is 5.95. The molecule has 160 valence electrons. The molecular formula is C26H23N3O3. The van der Waals surface area contributed by atoms with Crippen LogP contribution in [0.25, 0.3) is 11.3 Å². The molecule has 0 radical (unpaired) electrons. The predicted molar refractivity (Wildman–Crippen MR) is 121 cm³/mol. The van der Waals surface area contributed by atoms with Gasteiger partial charge in [0.05, 0.1) is 0 Å². The van der Waals surface area contributed by atoms with Gasteiger partial charge in [-0.1, -0.05) is 96.2 Å². The molecule has 1 N–H and O–H groups in total. The van der Waals surface area contributed by atoms with Crippen LogP contribution in [0.4, 0.5) is 0 Å². The fourth-order valence-electron chi connectivity index (χ4n) is 3.31. The average Bonchev–Trinajstić information content (AvgIpc) is 3.34. The van der Waals surface area contributed by atoms with E-state index < -0.39 is 0 Å². The standard InChI is InChI=1S/C26H23N3O3/c30-25(27-17-20-10-4-1-5-11-20)19-29(18-21-12-6-2-7-13-21)26(31)23-16-24(32-28-23)22-14-8-3-9-15-22/h1-16H,17-19H2,(H,27,30). The van der Waals surface area contributed by atoms with E-state index in [9.17, 15) is 9.59 Å². The summed E-state index contributed by atoms with van der Waals surface area (Å²) >= 11 is 0. The summed E-state index contributed by atoms with van der Waals surface area (Å²) in [6.45, 7) is 0.592. The largest absolute Gasteiger partial charge is 0.355 e. The molecular weight excluding hydrogens is 402 g/mol. The molecule has 4 rings (SSSR count). The maximum absolute atomic E-state index is 13.2. The van der Waals surface area contributed by atoms with Gasteiger partial charge in [0.1, 0.15) is 6.54 Å². The van der Waals surface area contributed by atoms with E-state index in [1.807, 2.05) is 91.0 Å². The molecule has 0 spiro atoms. The van der Waals surface area contributed by atoms with Crippen molar-refractivity contribution >= 4 is 11.8 Å². The first-order chi connectivity index (χ1) is 15.7. The van der Waals surface area contributed by atoms with Gasteiger partial charge in [-0.05, 0) is 11.1 Å². The van der Waals surface area contributed by atoms with Gasteiger partial charge >= 0.3 is 0 Å². The van der Waals surface area contributed by atoms with Crippen LogP contribution in [0.2, 0.25) is 0 Å². The fourth-order valence-corrected chi connectivity index (χ4v) is 3.31. The van der Waals surface area contributed by atoms with Crippen molar-refractivity contribution in [3.05, 3.63) is 114 Å². The number of carbonyl (C=O) groups is 2. The van der Waals surface area contributed by atoms with Crippen LogP contribution in [-0.2, 0) is 17.9 Å². The van der Waals surface area contributed by atoms with Crippen LogP contribution in [-0.4, -0.2) is 28.4 Å². The van der Waals surface area contributed by atoms with Crippen molar-refractivity contribution < 1.29 is 14.1 Å².